The maximum Gasteiger partial charge on any atom is 0.276 e. The SMILES string of the molecule is CNc1ccc(NC(=O)c2ccc(=O)n(-c3c(F)cccc3F)n2)c(N2CCCC2)c1C=N. The molecule has 170 valence electrons. The van der Waals surface area contributed by atoms with Gasteiger partial charge in [-0.3, -0.25) is 9.59 Å². The van der Waals surface area contributed by atoms with E-state index in [2.05, 4.69) is 20.6 Å². The van der Waals surface area contributed by atoms with Gasteiger partial charge in [-0.15, -0.1) is 0 Å². The first-order valence-electron chi connectivity index (χ1n) is 10.4. The second-order valence-corrected chi connectivity index (χ2v) is 7.50. The maximum absolute atomic E-state index is 14.2. The van der Waals surface area contributed by atoms with Crippen LogP contribution in [-0.2, 0) is 0 Å². The Morgan fingerprint density at radius 1 is 1.03 bits per heavy atom. The van der Waals surface area contributed by atoms with E-state index in [-0.39, 0.29) is 5.69 Å². The van der Waals surface area contributed by atoms with E-state index in [4.69, 9.17) is 5.41 Å². The fourth-order valence-electron chi connectivity index (χ4n) is 3.92. The summed E-state index contributed by atoms with van der Waals surface area (Å²) in [5.41, 5.74) is 0.915. The van der Waals surface area contributed by atoms with Crippen molar-refractivity contribution >= 4 is 29.2 Å². The summed E-state index contributed by atoms with van der Waals surface area (Å²) in [7, 11) is 1.75. The van der Waals surface area contributed by atoms with Crippen molar-refractivity contribution in [2.75, 3.05) is 35.7 Å². The van der Waals surface area contributed by atoms with Gasteiger partial charge in [0.25, 0.3) is 11.5 Å². The lowest BCUT2D eigenvalue weighted by molar-refractivity contribution is 0.102. The molecule has 0 saturated carbocycles. The van der Waals surface area contributed by atoms with E-state index in [1.54, 1.807) is 19.2 Å². The minimum atomic E-state index is -0.975. The Morgan fingerprint density at radius 2 is 1.70 bits per heavy atom. The number of hydrogen-bond donors (Lipinski definition) is 3. The summed E-state index contributed by atoms with van der Waals surface area (Å²) in [6.45, 7) is 1.57. The van der Waals surface area contributed by atoms with Gasteiger partial charge in [0.1, 0.15) is 11.4 Å². The van der Waals surface area contributed by atoms with Crippen molar-refractivity contribution in [2.45, 2.75) is 12.8 Å². The minimum absolute atomic E-state index is 0.196. The van der Waals surface area contributed by atoms with E-state index >= 15 is 0 Å². The lowest BCUT2D eigenvalue weighted by Crippen LogP contribution is -2.27. The zero-order valence-corrected chi connectivity index (χ0v) is 17.9. The van der Waals surface area contributed by atoms with Crippen LogP contribution in [0.1, 0.15) is 28.9 Å². The monoisotopic (exact) mass is 452 g/mol. The van der Waals surface area contributed by atoms with Crippen LogP contribution in [-0.4, -0.2) is 42.0 Å². The second-order valence-electron chi connectivity index (χ2n) is 7.50. The standard InChI is InChI=1S/C23H22F2N6O2/c1-27-17-7-8-18(21(14(17)13-26)30-11-2-3-12-30)28-23(33)19-9-10-20(32)31(29-19)22-15(24)5-4-6-16(22)25/h4-10,13,26-27H,2-3,11-12H2,1H3,(H,28,33). The number of carbonyl (C=O) groups excluding carboxylic acids is 1. The first kappa shape index (κ1) is 22.1. The molecule has 10 heteroatoms. The quantitative estimate of drug-likeness (QED) is 0.498. The molecule has 1 aliphatic heterocycles. The summed E-state index contributed by atoms with van der Waals surface area (Å²) >= 11 is 0. The molecule has 33 heavy (non-hydrogen) atoms. The molecule has 3 aromatic rings. The molecular weight excluding hydrogens is 430 g/mol. The number of anilines is 3. The van der Waals surface area contributed by atoms with Gasteiger partial charge < -0.3 is 20.9 Å². The molecule has 0 atom stereocenters. The average molecular weight is 452 g/mol. The normalized spacial score (nSPS) is 13.1. The molecule has 1 amide bonds. The summed E-state index contributed by atoms with van der Waals surface area (Å²) in [4.78, 5) is 27.4. The number of halogens is 2. The van der Waals surface area contributed by atoms with Gasteiger partial charge in [-0.25, -0.2) is 8.78 Å². The molecular formula is C23H22F2N6O2. The van der Waals surface area contributed by atoms with E-state index in [0.717, 1.165) is 49.8 Å². The Hall–Kier alpha value is -4.08. The zero-order chi connectivity index (χ0) is 23.5. The van der Waals surface area contributed by atoms with Gasteiger partial charge in [0.05, 0.1) is 11.4 Å². The fraction of sp³-hybridized carbons (Fsp3) is 0.217. The van der Waals surface area contributed by atoms with Crippen LogP contribution in [0.3, 0.4) is 0 Å². The third-order valence-electron chi connectivity index (χ3n) is 5.48. The molecule has 0 unspecified atom stereocenters. The van der Waals surface area contributed by atoms with Gasteiger partial charge in [-0.2, -0.15) is 9.78 Å². The molecule has 0 bridgehead atoms. The molecule has 1 aliphatic rings. The third kappa shape index (κ3) is 4.19. The highest BCUT2D eigenvalue weighted by Crippen LogP contribution is 2.36. The van der Waals surface area contributed by atoms with E-state index in [1.165, 1.54) is 18.3 Å². The summed E-state index contributed by atoms with van der Waals surface area (Å²) < 4.78 is 28.9. The summed E-state index contributed by atoms with van der Waals surface area (Å²) in [5, 5.41) is 17.6. The molecule has 8 nitrogen and oxygen atoms in total. The number of nitrogens with zero attached hydrogens (tertiary/aromatic N) is 3. The lowest BCUT2D eigenvalue weighted by Gasteiger charge is -2.25. The largest absolute Gasteiger partial charge is 0.388 e. The van der Waals surface area contributed by atoms with Gasteiger partial charge >= 0.3 is 0 Å². The predicted molar refractivity (Wildman–Crippen MR) is 123 cm³/mol. The minimum Gasteiger partial charge on any atom is -0.388 e. The number of hydrogen-bond acceptors (Lipinski definition) is 6. The number of para-hydroxylation sites is 1. The Kier molecular flexibility index (Phi) is 6.16. The van der Waals surface area contributed by atoms with Crippen molar-refractivity contribution in [3.05, 3.63) is 75.7 Å². The first-order valence-corrected chi connectivity index (χ1v) is 10.4. The van der Waals surface area contributed by atoms with Crippen LogP contribution in [0.2, 0.25) is 0 Å². The van der Waals surface area contributed by atoms with Crippen LogP contribution in [0.25, 0.3) is 5.69 Å². The second kappa shape index (κ2) is 9.19. The van der Waals surface area contributed by atoms with Crippen molar-refractivity contribution in [1.29, 1.82) is 5.41 Å². The van der Waals surface area contributed by atoms with E-state index in [9.17, 15) is 18.4 Å². The van der Waals surface area contributed by atoms with Crippen LogP contribution in [0.4, 0.5) is 25.8 Å². The molecule has 2 heterocycles. The van der Waals surface area contributed by atoms with Gasteiger partial charge in [0.15, 0.2) is 11.6 Å². The molecule has 1 saturated heterocycles. The van der Waals surface area contributed by atoms with Gasteiger partial charge in [-0.1, -0.05) is 6.07 Å². The fourth-order valence-corrected chi connectivity index (χ4v) is 3.92. The van der Waals surface area contributed by atoms with Crippen LogP contribution < -0.4 is 21.1 Å². The van der Waals surface area contributed by atoms with Gasteiger partial charge in [0, 0.05) is 43.7 Å². The highest BCUT2D eigenvalue weighted by Gasteiger charge is 2.23. The first-order chi connectivity index (χ1) is 15.9. The average Bonchev–Trinajstić information content (AvgIpc) is 3.34. The van der Waals surface area contributed by atoms with Crippen molar-refractivity contribution in [3.63, 3.8) is 0 Å². The number of aromatic nitrogens is 2. The predicted octanol–water partition coefficient (Wildman–Crippen LogP) is 3.40. The Bertz CT molecular complexity index is 1260. The van der Waals surface area contributed by atoms with Crippen molar-refractivity contribution in [2.24, 2.45) is 0 Å². The highest BCUT2D eigenvalue weighted by molar-refractivity contribution is 6.08. The Balaban J connectivity index is 1.74. The maximum atomic E-state index is 14.2. The smallest absolute Gasteiger partial charge is 0.276 e. The van der Waals surface area contributed by atoms with Crippen molar-refractivity contribution in [3.8, 4) is 5.69 Å². The van der Waals surface area contributed by atoms with Crippen LogP contribution >= 0.6 is 0 Å². The number of carbonyl (C=O) groups is 1. The lowest BCUT2D eigenvalue weighted by atomic mass is 10.1. The number of rotatable bonds is 6. The zero-order valence-electron chi connectivity index (χ0n) is 17.9. The number of benzene rings is 2. The third-order valence-corrected chi connectivity index (χ3v) is 5.48. The van der Waals surface area contributed by atoms with Gasteiger partial charge in [-0.05, 0) is 43.2 Å². The molecule has 1 fully saturated rings. The molecule has 2 aromatic carbocycles. The summed E-state index contributed by atoms with van der Waals surface area (Å²) in [6.07, 6.45) is 3.22. The van der Waals surface area contributed by atoms with E-state index in [0.29, 0.717) is 21.6 Å². The number of nitrogens with one attached hydrogen (secondary N) is 3. The van der Waals surface area contributed by atoms with Gasteiger partial charge in [0.2, 0.25) is 0 Å². The molecule has 1 aromatic heterocycles. The summed E-state index contributed by atoms with van der Waals surface area (Å²) in [6, 6.07) is 8.87. The Morgan fingerprint density at radius 3 is 2.33 bits per heavy atom. The van der Waals surface area contributed by atoms with Crippen molar-refractivity contribution in [1.82, 2.24) is 9.78 Å². The van der Waals surface area contributed by atoms with E-state index in [1.807, 2.05) is 0 Å². The van der Waals surface area contributed by atoms with Crippen LogP contribution in [0, 0.1) is 17.0 Å². The molecule has 0 spiro atoms. The highest BCUT2D eigenvalue weighted by atomic mass is 19.1. The summed E-state index contributed by atoms with van der Waals surface area (Å²) in [5.74, 6) is -2.61. The van der Waals surface area contributed by atoms with Crippen LogP contribution in [0.5, 0.6) is 0 Å². The molecule has 0 aliphatic carbocycles. The molecule has 4 rings (SSSR count). The van der Waals surface area contributed by atoms with E-state index < -0.39 is 28.8 Å². The Labute approximate surface area is 188 Å². The molecule has 3 N–H and O–H groups in total. The van der Waals surface area contributed by atoms with Crippen molar-refractivity contribution < 1.29 is 13.6 Å². The topological polar surface area (TPSA) is 103 Å². The van der Waals surface area contributed by atoms with Crippen LogP contribution in [0.15, 0.2) is 47.3 Å². The molecule has 0 radical (unpaired) electrons. The number of amides is 1.